The minimum absolute atomic E-state index is 0.623. The molecule has 0 bridgehead atoms. The van der Waals surface area contributed by atoms with Crippen molar-refractivity contribution in [3.63, 3.8) is 0 Å². The zero-order chi connectivity index (χ0) is 19.3. The van der Waals surface area contributed by atoms with Gasteiger partial charge in [-0.05, 0) is 57.0 Å². The highest BCUT2D eigenvalue weighted by Crippen LogP contribution is 2.28. The lowest BCUT2D eigenvalue weighted by Crippen LogP contribution is -2.39. The lowest BCUT2D eigenvalue weighted by atomic mass is 10.1. The second-order valence-electron chi connectivity index (χ2n) is 6.01. The molecule has 1 aromatic carbocycles. The van der Waals surface area contributed by atoms with Crippen molar-refractivity contribution in [1.29, 1.82) is 0 Å². The first-order chi connectivity index (χ1) is 13.3. The first-order valence-electron chi connectivity index (χ1n) is 9.78. The summed E-state index contributed by atoms with van der Waals surface area (Å²) in [6.07, 6.45) is 4.97. The Hall–Kier alpha value is -2.63. The van der Waals surface area contributed by atoms with Gasteiger partial charge in [0.1, 0.15) is 0 Å². The van der Waals surface area contributed by atoms with Crippen LogP contribution in [0.2, 0.25) is 0 Å². The van der Waals surface area contributed by atoms with Gasteiger partial charge in [-0.2, -0.15) is 0 Å². The van der Waals surface area contributed by atoms with E-state index >= 15 is 0 Å². The van der Waals surface area contributed by atoms with Gasteiger partial charge >= 0.3 is 0 Å². The number of guanidine groups is 1. The summed E-state index contributed by atoms with van der Waals surface area (Å²) in [7, 11) is 0. The Morgan fingerprint density at radius 2 is 1.74 bits per heavy atom. The van der Waals surface area contributed by atoms with Gasteiger partial charge in [0.25, 0.3) is 0 Å². The summed E-state index contributed by atoms with van der Waals surface area (Å²) in [6, 6.07) is 10.2. The summed E-state index contributed by atoms with van der Waals surface area (Å²) in [4.78, 5) is 4.68. The standard InChI is InChI=1S/C21H32N4O2/c1-4-22-21(24-13-16-25-14-7-8-15-25)23-12-11-18-9-10-19(26-5-2)20(17-18)27-6-3/h7-10,14-15,17H,4-6,11-13,16H2,1-3H3,(H2,22,23,24). The Morgan fingerprint density at radius 1 is 1.00 bits per heavy atom. The van der Waals surface area contributed by atoms with Gasteiger partial charge in [0.2, 0.25) is 0 Å². The summed E-state index contributed by atoms with van der Waals surface area (Å²) in [5.41, 5.74) is 1.19. The zero-order valence-electron chi connectivity index (χ0n) is 16.7. The van der Waals surface area contributed by atoms with Crippen molar-refractivity contribution in [2.75, 3.05) is 32.8 Å². The maximum Gasteiger partial charge on any atom is 0.191 e. The van der Waals surface area contributed by atoms with Crippen molar-refractivity contribution >= 4 is 5.96 Å². The van der Waals surface area contributed by atoms with Gasteiger partial charge in [-0.15, -0.1) is 0 Å². The number of ether oxygens (including phenoxy) is 2. The van der Waals surface area contributed by atoms with E-state index in [-0.39, 0.29) is 0 Å². The second kappa shape index (κ2) is 11.9. The lowest BCUT2D eigenvalue weighted by molar-refractivity contribution is 0.287. The Balaban J connectivity index is 1.88. The van der Waals surface area contributed by atoms with Crippen molar-refractivity contribution in [3.8, 4) is 11.5 Å². The first-order valence-corrected chi connectivity index (χ1v) is 9.78. The van der Waals surface area contributed by atoms with Crippen LogP contribution in [0.25, 0.3) is 0 Å². The van der Waals surface area contributed by atoms with Crippen LogP contribution in [0.3, 0.4) is 0 Å². The Bertz CT molecular complexity index is 683. The molecule has 27 heavy (non-hydrogen) atoms. The van der Waals surface area contributed by atoms with Crippen molar-refractivity contribution in [1.82, 2.24) is 15.2 Å². The third-order valence-corrected chi connectivity index (χ3v) is 3.95. The van der Waals surface area contributed by atoms with E-state index in [1.807, 2.05) is 32.0 Å². The van der Waals surface area contributed by atoms with Crippen LogP contribution in [0, 0.1) is 0 Å². The molecule has 0 aliphatic rings. The molecule has 0 spiro atoms. The third-order valence-electron chi connectivity index (χ3n) is 3.95. The first kappa shape index (κ1) is 20.7. The van der Waals surface area contributed by atoms with Crippen molar-refractivity contribution in [2.24, 2.45) is 4.99 Å². The molecule has 6 nitrogen and oxygen atoms in total. The SMILES string of the molecule is CCNC(=NCCc1ccc(OCC)c(OCC)c1)NCCn1cccc1. The van der Waals surface area contributed by atoms with Gasteiger partial charge in [-0.1, -0.05) is 6.07 Å². The maximum absolute atomic E-state index is 5.70. The molecule has 6 heteroatoms. The van der Waals surface area contributed by atoms with Crippen LogP contribution >= 0.6 is 0 Å². The number of hydrogen-bond acceptors (Lipinski definition) is 3. The van der Waals surface area contributed by atoms with E-state index in [0.717, 1.165) is 43.5 Å². The van der Waals surface area contributed by atoms with Crippen molar-refractivity contribution in [3.05, 3.63) is 48.3 Å². The highest BCUT2D eigenvalue weighted by atomic mass is 16.5. The quantitative estimate of drug-likeness (QED) is 0.470. The highest BCUT2D eigenvalue weighted by molar-refractivity contribution is 5.79. The molecule has 0 amide bonds. The second-order valence-corrected chi connectivity index (χ2v) is 6.01. The number of rotatable bonds is 11. The third kappa shape index (κ3) is 7.25. The van der Waals surface area contributed by atoms with E-state index in [1.54, 1.807) is 0 Å². The predicted octanol–water partition coefficient (Wildman–Crippen LogP) is 3.08. The van der Waals surface area contributed by atoms with Gasteiger partial charge in [-0.25, -0.2) is 0 Å². The molecule has 0 saturated carbocycles. The molecule has 2 N–H and O–H groups in total. The number of aliphatic imine (C=N–C) groups is 1. The van der Waals surface area contributed by atoms with E-state index in [2.05, 4.69) is 51.6 Å². The fourth-order valence-corrected chi connectivity index (χ4v) is 2.71. The average molecular weight is 373 g/mol. The molecular weight excluding hydrogens is 340 g/mol. The molecule has 148 valence electrons. The number of nitrogens with zero attached hydrogens (tertiary/aromatic N) is 2. The molecule has 0 radical (unpaired) electrons. The minimum Gasteiger partial charge on any atom is -0.490 e. The van der Waals surface area contributed by atoms with Gasteiger partial charge < -0.3 is 24.7 Å². The van der Waals surface area contributed by atoms with E-state index in [9.17, 15) is 0 Å². The van der Waals surface area contributed by atoms with Crippen LogP contribution < -0.4 is 20.1 Å². The summed E-state index contributed by atoms with van der Waals surface area (Å²) in [5.74, 6) is 2.45. The molecule has 0 saturated heterocycles. The molecule has 0 aliphatic carbocycles. The Labute approximate surface area is 162 Å². The minimum atomic E-state index is 0.623. The van der Waals surface area contributed by atoms with Gasteiger partial charge in [0.15, 0.2) is 17.5 Å². The smallest absolute Gasteiger partial charge is 0.191 e. The summed E-state index contributed by atoms with van der Waals surface area (Å²) < 4.78 is 13.5. The van der Waals surface area contributed by atoms with Gasteiger partial charge in [0, 0.05) is 38.6 Å². The van der Waals surface area contributed by atoms with Crippen LogP contribution in [0.1, 0.15) is 26.3 Å². The average Bonchev–Trinajstić information content (AvgIpc) is 3.17. The summed E-state index contributed by atoms with van der Waals surface area (Å²) in [6.45, 7) is 10.6. The number of aromatic nitrogens is 1. The van der Waals surface area contributed by atoms with E-state index in [0.29, 0.717) is 19.8 Å². The Morgan fingerprint density at radius 3 is 2.44 bits per heavy atom. The van der Waals surface area contributed by atoms with E-state index in [1.165, 1.54) is 5.56 Å². The molecular formula is C21H32N4O2. The largest absolute Gasteiger partial charge is 0.490 e. The normalized spacial score (nSPS) is 11.3. The van der Waals surface area contributed by atoms with Crippen LogP contribution in [0.4, 0.5) is 0 Å². The van der Waals surface area contributed by atoms with E-state index < -0.39 is 0 Å². The monoisotopic (exact) mass is 372 g/mol. The van der Waals surface area contributed by atoms with Crippen molar-refractivity contribution < 1.29 is 9.47 Å². The molecule has 1 heterocycles. The number of hydrogen-bond donors (Lipinski definition) is 2. The molecule has 0 unspecified atom stereocenters. The fraction of sp³-hybridized carbons (Fsp3) is 0.476. The number of nitrogens with one attached hydrogen (secondary N) is 2. The van der Waals surface area contributed by atoms with E-state index in [4.69, 9.17) is 9.47 Å². The molecule has 0 atom stereocenters. The van der Waals surface area contributed by atoms with Crippen LogP contribution in [0.15, 0.2) is 47.7 Å². The van der Waals surface area contributed by atoms with Crippen LogP contribution in [0.5, 0.6) is 11.5 Å². The molecule has 2 rings (SSSR count). The number of benzene rings is 1. The summed E-state index contributed by atoms with van der Waals surface area (Å²) in [5, 5.41) is 6.67. The van der Waals surface area contributed by atoms with Crippen LogP contribution in [-0.4, -0.2) is 43.4 Å². The molecule has 1 aromatic heterocycles. The van der Waals surface area contributed by atoms with Crippen LogP contribution in [-0.2, 0) is 13.0 Å². The highest BCUT2D eigenvalue weighted by Gasteiger charge is 2.06. The molecule has 2 aromatic rings. The van der Waals surface area contributed by atoms with Crippen molar-refractivity contribution in [2.45, 2.75) is 33.7 Å². The predicted molar refractivity (Wildman–Crippen MR) is 111 cm³/mol. The van der Waals surface area contributed by atoms with Gasteiger partial charge in [0.05, 0.1) is 13.2 Å². The maximum atomic E-state index is 5.70. The zero-order valence-corrected chi connectivity index (χ0v) is 16.7. The fourth-order valence-electron chi connectivity index (χ4n) is 2.71. The molecule has 0 fully saturated rings. The molecule has 0 aliphatic heterocycles. The topological polar surface area (TPSA) is 59.8 Å². The lowest BCUT2D eigenvalue weighted by Gasteiger charge is -2.13. The van der Waals surface area contributed by atoms with Gasteiger partial charge in [-0.3, -0.25) is 4.99 Å². The summed E-state index contributed by atoms with van der Waals surface area (Å²) >= 11 is 0. The Kier molecular flexibility index (Phi) is 9.10.